The molecule has 0 saturated heterocycles. The molecular formula is C25H19F3N2O4S. The van der Waals surface area contributed by atoms with Crippen LogP contribution in [0.25, 0.3) is 0 Å². The standard InChI is InChI=1S/C25H19F3N2O4S/c26-25(27,28)17-7-4-8-19(15-17)30-24(34)23(16-5-2-1-3-6-16)35-20-11-9-18(10-12-20)29-21(31)13-14-22(32)33/h1-15,23H,(H,29,31)(H,30,34)(H,32,33)/b14-13+. The van der Waals surface area contributed by atoms with Gasteiger partial charge in [-0.2, -0.15) is 13.2 Å². The van der Waals surface area contributed by atoms with Crippen LogP contribution >= 0.6 is 11.8 Å². The Bertz CT molecular complexity index is 1230. The molecule has 0 aliphatic rings. The third kappa shape index (κ3) is 7.75. The number of benzene rings is 3. The van der Waals surface area contributed by atoms with E-state index in [4.69, 9.17) is 5.11 Å². The first-order valence-corrected chi connectivity index (χ1v) is 11.0. The van der Waals surface area contributed by atoms with E-state index in [1.807, 2.05) is 0 Å². The maximum atomic E-state index is 13.1. The third-order valence-corrected chi connectivity index (χ3v) is 5.82. The summed E-state index contributed by atoms with van der Waals surface area (Å²) < 4.78 is 39.1. The van der Waals surface area contributed by atoms with Crippen LogP contribution in [0.2, 0.25) is 0 Å². The normalized spacial score (nSPS) is 12.2. The minimum Gasteiger partial charge on any atom is -0.478 e. The van der Waals surface area contributed by atoms with Crippen LogP contribution in [0, 0.1) is 0 Å². The van der Waals surface area contributed by atoms with Gasteiger partial charge in [-0.3, -0.25) is 9.59 Å². The summed E-state index contributed by atoms with van der Waals surface area (Å²) in [6.45, 7) is 0. The number of alkyl halides is 3. The first kappa shape index (κ1) is 25.6. The zero-order chi connectivity index (χ0) is 25.4. The Kier molecular flexibility index (Phi) is 8.32. The SMILES string of the molecule is O=C(O)/C=C/C(=O)Nc1ccc(SC(C(=O)Nc2cccc(C(F)(F)F)c2)c2ccccc2)cc1. The third-order valence-electron chi connectivity index (χ3n) is 4.55. The molecular weight excluding hydrogens is 481 g/mol. The van der Waals surface area contributed by atoms with Crippen LogP contribution in [0.5, 0.6) is 0 Å². The number of amides is 2. The molecule has 3 N–H and O–H groups in total. The summed E-state index contributed by atoms with van der Waals surface area (Å²) in [6.07, 6.45) is -2.93. The van der Waals surface area contributed by atoms with Crippen LogP contribution in [0.15, 0.2) is 95.9 Å². The molecule has 10 heteroatoms. The summed E-state index contributed by atoms with van der Waals surface area (Å²) in [5.41, 5.74) is 0.228. The van der Waals surface area contributed by atoms with Crippen molar-refractivity contribution in [1.82, 2.24) is 0 Å². The number of carbonyl (C=O) groups is 3. The van der Waals surface area contributed by atoms with Gasteiger partial charge in [-0.25, -0.2) is 4.79 Å². The highest BCUT2D eigenvalue weighted by Gasteiger charge is 2.31. The fraction of sp³-hybridized carbons (Fsp3) is 0.0800. The van der Waals surface area contributed by atoms with Crippen LogP contribution in [-0.2, 0) is 20.6 Å². The van der Waals surface area contributed by atoms with E-state index >= 15 is 0 Å². The predicted octanol–water partition coefficient (Wildman–Crippen LogP) is 5.76. The van der Waals surface area contributed by atoms with Crippen molar-refractivity contribution in [3.8, 4) is 0 Å². The molecule has 0 radical (unpaired) electrons. The van der Waals surface area contributed by atoms with Gasteiger partial charge >= 0.3 is 12.1 Å². The minimum absolute atomic E-state index is 0.0267. The van der Waals surface area contributed by atoms with Gasteiger partial charge in [-0.1, -0.05) is 36.4 Å². The van der Waals surface area contributed by atoms with Crippen molar-refractivity contribution in [1.29, 1.82) is 0 Å². The fourth-order valence-electron chi connectivity index (χ4n) is 2.97. The van der Waals surface area contributed by atoms with Crippen molar-refractivity contribution in [2.24, 2.45) is 0 Å². The Morgan fingerprint density at radius 1 is 0.829 bits per heavy atom. The molecule has 0 aliphatic heterocycles. The highest BCUT2D eigenvalue weighted by molar-refractivity contribution is 8.00. The van der Waals surface area contributed by atoms with Crippen molar-refractivity contribution in [3.63, 3.8) is 0 Å². The van der Waals surface area contributed by atoms with Gasteiger partial charge in [-0.05, 0) is 48.0 Å². The van der Waals surface area contributed by atoms with E-state index < -0.39 is 34.8 Å². The second kappa shape index (κ2) is 11.4. The molecule has 3 aromatic rings. The van der Waals surface area contributed by atoms with Crippen LogP contribution in [0.1, 0.15) is 16.4 Å². The number of aliphatic carboxylic acids is 1. The number of carboxylic acids is 1. The lowest BCUT2D eigenvalue weighted by molar-refractivity contribution is -0.137. The summed E-state index contributed by atoms with van der Waals surface area (Å²) in [7, 11) is 0. The zero-order valence-electron chi connectivity index (χ0n) is 18.0. The molecule has 6 nitrogen and oxygen atoms in total. The highest BCUT2D eigenvalue weighted by Crippen LogP contribution is 2.37. The Hall–Kier alpha value is -4.05. The lowest BCUT2D eigenvalue weighted by Crippen LogP contribution is -2.19. The van der Waals surface area contributed by atoms with Crippen molar-refractivity contribution in [3.05, 3.63) is 102 Å². The molecule has 0 aliphatic carbocycles. The van der Waals surface area contributed by atoms with Gasteiger partial charge in [0.1, 0.15) is 5.25 Å². The molecule has 1 unspecified atom stereocenters. The molecule has 0 fully saturated rings. The number of halogens is 3. The quantitative estimate of drug-likeness (QED) is 0.270. The number of anilines is 2. The van der Waals surface area contributed by atoms with Crippen molar-refractivity contribution >= 4 is 40.9 Å². The van der Waals surface area contributed by atoms with Crippen LogP contribution in [-0.4, -0.2) is 22.9 Å². The number of thioether (sulfide) groups is 1. The number of hydrogen-bond donors (Lipinski definition) is 3. The summed E-state index contributed by atoms with van der Waals surface area (Å²) in [4.78, 5) is 36.0. The van der Waals surface area contributed by atoms with Crippen molar-refractivity contribution < 1.29 is 32.7 Å². The molecule has 0 bridgehead atoms. The largest absolute Gasteiger partial charge is 0.478 e. The smallest absolute Gasteiger partial charge is 0.416 e. The van der Waals surface area contributed by atoms with Gasteiger partial charge in [0.25, 0.3) is 0 Å². The molecule has 0 aromatic heterocycles. The molecule has 35 heavy (non-hydrogen) atoms. The molecule has 1 atom stereocenters. The van der Waals surface area contributed by atoms with Gasteiger partial charge in [-0.15, -0.1) is 11.8 Å². The van der Waals surface area contributed by atoms with Gasteiger partial charge < -0.3 is 15.7 Å². The number of rotatable bonds is 8. The summed E-state index contributed by atoms with van der Waals surface area (Å²) in [5.74, 6) is -2.37. The van der Waals surface area contributed by atoms with E-state index in [2.05, 4.69) is 10.6 Å². The first-order valence-electron chi connectivity index (χ1n) is 10.1. The van der Waals surface area contributed by atoms with E-state index in [-0.39, 0.29) is 5.69 Å². The van der Waals surface area contributed by atoms with E-state index in [9.17, 15) is 27.6 Å². The van der Waals surface area contributed by atoms with E-state index in [1.54, 1.807) is 54.6 Å². The Morgan fingerprint density at radius 2 is 1.51 bits per heavy atom. The van der Waals surface area contributed by atoms with Crippen molar-refractivity contribution in [2.75, 3.05) is 10.6 Å². The van der Waals surface area contributed by atoms with Gasteiger partial charge in [0.05, 0.1) is 5.56 Å². The summed E-state index contributed by atoms with van der Waals surface area (Å²) in [6, 6.07) is 19.7. The molecule has 0 saturated carbocycles. The Labute approximate surface area is 202 Å². The van der Waals surface area contributed by atoms with Crippen molar-refractivity contribution in [2.45, 2.75) is 16.3 Å². The van der Waals surface area contributed by atoms with Gasteiger partial charge in [0.2, 0.25) is 11.8 Å². The lowest BCUT2D eigenvalue weighted by Gasteiger charge is -2.18. The maximum Gasteiger partial charge on any atom is 0.416 e. The van der Waals surface area contributed by atoms with Crippen LogP contribution in [0.4, 0.5) is 24.5 Å². The summed E-state index contributed by atoms with van der Waals surface area (Å²) in [5, 5.41) is 12.9. The average molecular weight is 500 g/mol. The van der Waals surface area contributed by atoms with Crippen LogP contribution in [0.3, 0.4) is 0 Å². The summed E-state index contributed by atoms with van der Waals surface area (Å²) >= 11 is 1.18. The van der Waals surface area contributed by atoms with E-state index in [0.717, 1.165) is 18.2 Å². The van der Waals surface area contributed by atoms with Gasteiger partial charge in [0, 0.05) is 28.4 Å². The minimum atomic E-state index is -4.53. The van der Waals surface area contributed by atoms with Gasteiger partial charge in [0.15, 0.2) is 0 Å². The molecule has 3 aromatic carbocycles. The molecule has 0 spiro atoms. The predicted molar refractivity (Wildman–Crippen MR) is 127 cm³/mol. The van der Waals surface area contributed by atoms with Crippen LogP contribution < -0.4 is 10.6 Å². The Morgan fingerprint density at radius 3 is 2.14 bits per heavy atom. The molecule has 0 heterocycles. The fourth-order valence-corrected chi connectivity index (χ4v) is 3.99. The zero-order valence-corrected chi connectivity index (χ0v) is 18.8. The number of hydrogen-bond acceptors (Lipinski definition) is 4. The number of carboxylic acid groups (broad SMARTS) is 1. The van der Waals surface area contributed by atoms with E-state index in [0.29, 0.717) is 22.2 Å². The Balaban J connectivity index is 1.77. The average Bonchev–Trinajstić information content (AvgIpc) is 2.82. The monoisotopic (exact) mass is 500 g/mol. The lowest BCUT2D eigenvalue weighted by atomic mass is 10.1. The second-order valence-electron chi connectivity index (χ2n) is 7.16. The topological polar surface area (TPSA) is 95.5 Å². The maximum absolute atomic E-state index is 13.1. The van der Waals surface area contributed by atoms with E-state index in [1.165, 1.54) is 23.9 Å². The second-order valence-corrected chi connectivity index (χ2v) is 8.34. The number of nitrogens with one attached hydrogen (secondary N) is 2. The molecule has 180 valence electrons. The first-order chi connectivity index (χ1) is 16.6. The highest BCUT2D eigenvalue weighted by atomic mass is 32.2. The number of carbonyl (C=O) groups excluding carboxylic acids is 2. The molecule has 2 amide bonds. The molecule has 3 rings (SSSR count).